The van der Waals surface area contributed by atoms with E-state index in [1.165, 1.54) is 6.08 Å². The summed E-state index contributed by atoms with van der Waals surface area (Å²) in [6.45, 7) is 10.8. The topological polar surface area (TPSA) is 99.2 Å². The predicted octanol–water partition coefficient (Wildman–Crippen LogP) is 2.57. The summed E-state index contributed by atoms with van der Waals surface area (Å²) in [6.07, 6.45) is 4.79. The molecule has 0 saturated heterocycles. The quantitative estimate of drug-likeness (QED) is 0.753. The van der Waals surface area contributed by atoms with Crippen LogP contribution in [0.4, 0.5) is 0 Å². The van der Waals surface area contributed by atoms with Crippen molar-refractivity contribution < 1.29 is 14.6 Å². The summed E-state index contributed by atoms with van der Waals surface area (Å²) in [5.41, 5.74) is -0.617. The molecule has 2 aliphatic heterocycles. The Morgan fingerprint density at radius 1 is 1.19 bits per heavy atom. The van der Waals surface area contributed by atoms with E-state index < -0.39 is 16.8 Å². The zero-order chi connectivity index (χ0) is 19.8. The maximum Gasteiger partial charge on any atom is 0.216 e. The van der Waals surface area contributed by atoms with Crippen LogP contribution in [0.25, 0.3) is 0 Å². The fourth-order valence-corrected chi connectivity index (χ4v) is 2.59. The van der Waals surface area contributed by atoms with Gasteiger partial charge in [-0.3, -0.25) is 4.99 Å². The van der Waals surface area contributed by atoms with Gasteiger partial charge in [-0.15, -0.1) is 0 Å². The first kappa shape index (κ1) is 19.7. The van der Waals surface area contributed by atoms with E-state index in [-0.39, 0.29) is 0 Å². The Balaban J connectivity index is 2.31. The highest BCUT2D eigenvalue weighted by molar-refractivity contribution is 6.06. The number of hydrogen-bond donors (Lipinski definition) is 2. The highest BCUT2D eigenvalue weighted by Crippen LogP contribution is 2.30. The summed E-state index contributed by atoms with van der Waals surface area (Å²) in [6, 6.07) is 1.92. The smallest absolute Gasteiger partial charge is 0.216 e. The van der Waals surface area contributed by atoms with E-state index in [9.17, 15) is 5.11 Å². The molecule has 0 atom stereocenters. The van der Waals surface area contributed by atoms with Crippen molar-refractivity contribution in [1.82, 2.24) is 5.32 Å². The molecule has 2 N–H and O–H groups in total. The number of hydrogen-bond acceptors (Lipinski definition) is 7. The third kappa shape index (κ3) is 4.14. The first-order chi connectivity index (χ1) is 11.9. The maximum atomic E-state index is 10.2. The third-order valence-corrected chi connectivity index (χ3v) is 4.08. The summed E-state index contributed by atoms with van der Waals surface area (Å²) in [5, 5.41) is 22.1. The van der Waals surface area contributed by atoms with Crippen molar-refractivity contribution >= 4 is 11.4 Å². The Bertz CT molecular complexity index is 785. The van der Waals surface area contributed by atoms with Crippen molar-refractivity contribution in [2.24, 2.45) is 9.98 Å². The van der Waals surface area contributed by atoms with Crippen LogP contribution in [0.3, 0.4) is 0 Å². The number of rotatable bonds is 4. The highest BCUT2D eigenvalue weighted by atomic mass is 16.5. The summed E-state index contributed by atoms with van der Waals surface area (Å²) >= 11 is 0. The molecule has 0 saturated carbocycles. The second-order valence-electron chi connectivity index (χ2n) is 7.69. The van der Waals surface area contributed by atoms with Crippen molar-refractivity contribution in [3.05, 3.63) is 35.7 Å². The molecule has 0 unspecified atom stereocenters. The van der Waals surface area contributed by atoms with E-state index in [1.807, 2.05) is 33.8 Å². The SMILES string of the molecule is CN=C1C=C(/N=C2/C=C(N/C(=C\C#N)C(C)(C)O)OC2(C)C)OC1(C)C. The van der Waals surface area contributed by atoms with Gasteiger partial charge in [0.15, 0.2) is 5.88 Å². The second kappa shape index (κ2) is 6.61. The van der Waals surface area contributed by atoms with Crippen LogP contribution >= 0.6 is 0 Å². The van der Waals surface area contributed by atoms with E-state index in [2.05, 4.69) is 15.3 Å². The molecule has 0 amide bonds. The van der Waals surface area contributed by atoms with Gasteiger partial charge in [-0.2, -0.15) is 5.26 Å². The molecule has 2 rings (SSSR count). The lowest BCUT2D eigenvalue weighted by atomic mass is 10.0. The van der Waals surface area contributed by atoms with E-state index >= 15 is 0 Å². The van der Waals surface area contributed by atoms with Gasteiger partial charge in [0.1, 0.15) is 11.2 Å². The van der Waals surface area contributed by atoms with Crippen LogP contribution in [0, 0.1) is 11.3 Å². The minimum absolute atomic E-state index is 0.334. The molecule has 0 spiro atoms. The van der Waals surface area contributed by atoms with Gasteiger partial charge in [-0.05, 0) is 41.5 Å². The summed E-state index contributed by atoms with van der Waals surface area (Å²) < 4.78 is 11.8. The summed E-state index contributed by atoms with van der Waals surface area (Å²) in [4.78, 5) is 8.80. The van der Waals surface area contributed by atoms with Crippen molar-refractivity contribution in [3.63, 3.8) is 0 Å². The van der Waals surface area contributed by atoms with Crippen molar-refractivity contribution in [1.29, 1.82) is 5.26 Å². The van der Waals surface area contributed by atoms with Gasteiger partial charge < -0.3 is 19.9 Å². The Morgan fingerprint density at radius 2 is 1.81 bits per heavy atom. The Morgan fingerprint density at radius 3 is 2.31 bits per heavy atom. The average molecular weight is 358 g/mol. The van der Waals surface area contributed by atoms with Crippen molar-refractivity contribution in [2.75, 3.05) is 7.05 Å². The monoisotopic (exact) mass is 358 g/mol. The van der Waals surface area contributed by atoms with Gasteiger partial charge in [-0.25, -0.2) is 4.99 Å². The lowest BCUT2D eigenvalue weighted by Crippen LogP contribution is -2.34. The fraction of sp³-hybridized carbons (Fsp3) is 0.526. The van der Waals surface area contributed by atoms with E-state index in [4.69, 9.17) is 14.7 Å². The first-order valence-electron chi connectivity index (χ1n) is 8.36. The summed E-state index contributed by atoms with van der Waals surface area (Å²) in [7, 11) is 1.72. The molecule has 140 valence electrons. The molecule has 0 aromatic rings. The third-order valence-electron chi connectivity index (χ3n) is 4.08. The fourth-order valence-electron chi connectivity index (χ4n) is 2.59. The molecule has 0 fully saturated rings. The van der Waals surface area contributed by atoms with Crippen LogP contribution in [-0.4, -0.2) is 40.4 Å². The van der Waals surface area contributed by atoms with Crippen LogP contribution in [-0.2, 0) is 9.47 Å². The molecule has 2 aliphatic rings. The van der Waals surface area contributed by atoms with Gasteiger partial charge >= 0.3 is 0 Å². The second-order valence-corrected chi connectivity index (χ2v) is 7.69. The van der Waals surface area contributed by atoms with Crippen LogP contribution in [0.2, 0.25) is 0 Å². The Hall–Kier alpha value is -2.59. The molecule has 0 bridgehead atoms. The van der Waals surface area contributed by atoms with E-state index in [0.717, 1.165) is 5.71 Å². The molecule has 0 aromatic carbocycles. The van der Waals surface area contributed by atoms with Gasteiger partial charge in [0, 0.05) is 25.3 Å². The number of nitrogens with one attached hydrogen (secondary N) is 1. The number of allylic oxidation sites excluding steroid dienone is 1. The van der Waals surface area contributed by atoms with Crippen molar-refractivity contribution in [2.45, 2.75) is 58.3 Å². The molecule has 2 heterocycles. The molecule has 0 aliphatic carbocycles. The Labute approximate surface area is 154 Å². The van der Waals surface area contributed by atoms with Crippen molar-refractivity contribution in [3.8, 4) is 6.07 Å². The molecule has 0 radical (unpaired) electrons. The highest BCUT2D eigenvalue weighted by Gasteiger charge is 2.37. The molecule has 7 heteroatoms. The van der Waals surface area contributed by atoms with E-state index in [1.54, 1.807) is 33.0 Å². The standard InChI is InChI=1S/C19H26N4O3/c1-17(2,24)12(8-9-20)22-16-11-14(19(5,6)26-16)23-15-10-13(21-7)18(3,4)25-15/h8,10-11,22,24H,1-7H3/b12-8-,21-13?,23-14-. The normalized spacial score (nSPS) is 24.7. The van der Waals surface area contributed by atoms with Crippen LogP contribution in [0.5, 0.6) is 0 Å². The molecule has 0 aromatic heterocycles. The number of aliphatic hydroxyl groups is 1. The summed E-state index contributed by atoms with van der Waals surface area (Å²) in [5.74, 6) is 0.870. The van der Waals surface area contributed by atoms with Crippen LogP contribution < -0.4 is 5.32 Å². The van der Waals surface area contributed by atoms with Gasteiger partial charge in [0.05, 0.1) is 28.8 Å². The number of aliphatic imine (C=N–C) groups is 2. The lowest BCUT2D eigenvalue weighted by Gasteiger charge is -2.25. The van der Waals surface area contributed by atoms with Crippen LogP contribution in [0.1, 0.15) is 41.5 Å². The number of nitriles is 1. The number of nitrogens with zero attached hydrogens (tertiary/aromatic N) is 3. The minimum atomic E-state index is -1.21. The first-order valence-corrected chi connectivity index (χ1v) is 8.36. The Kier molecular flexibility index (Phi) is 5.02. The molecular weight excluding hydrogens is 332 g/mol. The average Bonchev–Trinajstić information content (AvgIpc) is 2.93. The number of ether oxygens (including phenoxy) is 2. The minimum Gasteiger partial charge on any atom is -0.466 e. The maximum absolute atomic E-state index is 10.2. The lowest BCUT2D eigenvalue weighted by molar-refractivity contribution is 0.0793. The van der Waals surface area contributed by atoms with E-state index in [0.29, 0.717) is 23.2 Å². The zero-order valence-corrected chi connectivity index (χ0v) is 16.3. The molecular formula is C19H26N4O3. The largest absolute Gasteiger partial charge is 0.466 e. The van der Waals surface area contributed by atoms with Gasteiger partial charge in [0.2, 0.25) is 5.88 Å². The molecule has 26 heavy (non-hydrogen) atoms. The zero-order valence-electron chi connectivity index (χ0n) is 16.3. The molecule has 7 nitrogen and oxygen atoms in total. The van der Waals surface area contributed by atoms with Gasteiger partial charge in [0.25, 0.3) is 0 Å². The van der Waals surface area contributed by atoms with Crippen LogP contribution in [0.15, 0.2) is 45.7 Å². The predicted molar refractivity (Wildman–Crippen MR) is 100 cm³/mol. The van der Waals surface area contributed by atoms with Gasteiger partial charge in [-0.1, -0.05) is 0 Å².